The molecular formula is C14H25N3O. The molecule has 1 aliphatic heterocycles. The molecule has 0 amide bonds. The smallest absolute Gasteiger partial charge is 0.111 e. The van der Waals surface area contributed by atoms with E-state index in [1.165, 1.54) is 18.7 Å². The lowest BCUT2D eigenvalue weighted by molar-refractivity contribution is 0.109. The Bertz CT molecular complexity index is 356. The van der Waals surface area contributed by atoms with Crippen LogP contribution in [0.25, 0.3) is 0 Å². The normalized spacial score (nSPS) is 21.7. The molecule has 2 unspecified atom stereocenters. The number of nitrogens with one attached hydrogen (secondary N) is 1. The number of nitrogens with zero attached hydrogens (tertiary/aromatic N) is 2. The molecule has 0 saturated carbocycles. The van der Waals surface area contributed by atoms with Gasteiger partial charge in [-0.2, -0.15) is 0 Å². The lowest BCUT2D eigenvalue weighted by Gasteiger charge is -2.19. The lowest BCUT2D eigenvalue weighted by Crippen LogP contribution is -2.31. The maximum atomic E-state index is 5.61. The molecule has 102 valence electrons. The zero-order valence-electron chi connectivity index (χ0n) is 11.7. The van der Waals surface area contributed by atoms with Gasteiger partial charge in [0.05, 0.1) is 6.10 Å². The molecule has 18 heavy (non-hydrogen) atoms. The van der Waals surface area contributed by atoms with Crippen molar-refractivity contribution in [3.63, 3.8) is 0 Å². The molecule has 1 N–H and O–H groups in total. The molecule has 0 bridgehead atoms. The van der Waals surface area contributed by atoms with E-state index in [0.717, 1.165) is 19.7 Å². The molecule has 1 aromatic heterocycles. The fraction of sp³-hybridized carbons (Fsp3) is 0.786. The molecule has 0 radical (unpaired) electrons. The summed E-state index contributed by atoms with van der Waals surface area (Å²) in [7, 11) is 0. The topological polar surface area (TPSA) is 39.1 Å². The summed E-state index contributed by atoms with van der Waals surface area (Å²) in [5.41, 5.74) is 0. The number of imidazole rings is 1. The number of ether oxygens (including phenoxy) is 1. The van der Waals surface area contributed by atoms with Crippen LogP contribution in [0.2, 0.25) is 0 Å². The Morgan fingerprint density at radius 3 is 3.00 bits per heavy atom. The number of aromatic nitrogens is 2. The highest BCUT2D eigenvalue weighted by molar-refractivity contribution is 4.99. The summed E-state index contributed by atoms with van der Waals surface area (Å²) < 4.78 is 7.88. The van der Waals surface area contributed by atoms with Crippen LogP contribution in [0.5, 0.6) is 0 Å². The van der Waals surface area contributed by atoms with Crippen molar-refractivity contribution in [3.05, 3.63) is 18.2 Å². The van der Waals surface area contributed by atoms with Crippen molar-refractivity contribution in [1.82, 2.24) is 14.9 Å². The number of rotatable bonds is 6. The maximum Gasteiger partial charge on any atom is 0.111 e. The van der Waals surface area contributed by atoms with Crippen molar-refractivity contribution >= 4 is 0 Å². The molecule has 1 saturated heterocycles. The van der Waals surface area contributed by atoms with Gasteiger partial charge in [-0.3, -0.25) is 0 Å². The third kappa shape index (κ3) is 3.33. The average Bonchev–Trinajstić information content (AvgIpc) is 2.99. The van der Waals surface area contributed by atoms with E-state index in [2.05, 4.69) is 41.8 Å². The number of hydrogen-bond donors (Lipinski definition) is 1. The van der Waals surface area contributed by atoms with E-state index in [-0.39, 0.29) is 0 Å². The van der Waals surface area contributed by atoms with Crippen LogP contribution in [-0.2, 0) is 4.74 Å². The van der Waals surface area contributed by atoms with E-state index in [0.29, 0.717) is 18.1 Å². The van der Waals surface area contributed by atoms with Crippen molar-refractivity contribution in [2.75, 3.05) is 19.7 Å². The van der Waals surface area contributed by atoms with Gasteiger partial charge in [-0.25, -0.2) is 4.98 Å². The van der Waals surface area contributed by atoms with Gasteiger partial charge in [-0.1, -0.05) is 13.8 Å². The summed E-state index contributed by atoms with van der Waals surface area (Å²) in [4.78, 5) is 4.43. The van der Waals surface area contributed by atoms with Crippen LogP contribution in [0.4, 0.5) is 0 Å². The van der Waals surface area contributed by atoms with E-state index in [1.54, 1.807) is 0 Å². The second-order valence-corrected chi connectivity index (χ2v) is 5.49. The molecule has 1 aliphatic rings. The quantitative estimate of drug-likeness (QED) is 0.843. The van der Waals surface area contributed by atoms with E-state index >= 15 is 0 Å². The monoisotopic (exact) mass is 251 g/mol. The Labute approximate surface area is 110 Å². The van der Waals surface area contributed by atoms with E-state index in [1.807, 2.05) is 6.20 Å². The molecule has 2 heterocycles. The molecule has 0 aromatic carbocycles. The van der Waals surface area contributed by atoms with Crippen LogP contribution in [0.1, 0.15) is 51.4 Å². The lowest BCUT2D eigenvalue weighted by atomic mass is 10.2. The van der Waals surface area contributed by atoms with Gasteiger partial charge in [0.2, 0.25) is 0 Å². The first kappa shape index (κ1) is 13.6. The Morgan fingerprint density at radius 1 is 1.50 bits per heavy atom. The fourth-order valence-electron chi connectivity index (χ4n) is 2.50. The first-order valence-corrected chi connectivity index (χ1v) is 7.03. The SMILES string of the molecule is CC(C)c1nccn1C(C)CNCC1CCCO1. The van der Waals surface area contributed by atoms with Crippen molar-refractivity contribution < 1.29 is 4.74 Å². The van der Waals surface area contributed by atoms with Crippen LogP contribution in [0.3, 0.4) is 0 Å². The summed E-state index contributed by atoms with van der Waals surface area (Å²) in [6.07, 6.45) is 6.80. The molecular weight excluding hydrogens is 226 g/mol. The highest BCUT2D eigenvalue weighted by Crippen LogP contribution is 2.17. The van der Waals surface area contributed by atoms with E-state index in [9.17, 15) is 0 Å². The second-order valence-electron chi connectivity index (χ2n) is 5.49. The zero-order chi connectivity index (χ0) is 13.0. The predicted octanol–water partition coefficient (Wildman–Crippen LogP) is 2.34. The van der Waals surface area contributed by atoms with Crippen LogP contribution in [0.15, 0.2) is 12.4 Å². The van der Waals surface area contributed by atoms with Crippen molar-refractivity contribution in [1.29, 1.82) is 0 Å². The molecule has 1 aromatic rings. The molecule has 2 rings (SSSR count). The molecule has 4 nitrogen and oxygen atoms in total. The van der Waals surface area contributed by atoms with E-state index in [4.69, 9.17) is 4.74 Å². The highest BCUT2D eigenvalue weighted by Gasteiger charge is 2.16. The van der Waals surface area contributed by atoms with Crippen molar-refractivity contribution in [2.24, 2.45) is 0 Å². The maximum absolute atomic E-state index is 5.61. The van der Waals surface area contributed by atoms with Crippen LogP contribution in [-0.4, -0.2) is 35.4 Å². The van der Waals surface area contributed by atoms with Crippen LogP contribution < -0.4 is 5.32 Å². The molecule has 2 atom stereocenters. The van der Waals surface area contributed by atoms with Gasteiger partial charge < -0.3 is 14.6 Å². The first-order valence-electron chi connectivity index (χ1n) is 7.03. The molecule has 0 aliphatic carbocycles. The van der Waals surface area contributed by atoms with Gasteiger partial charge in [0.25, 0.3) is 0 Å². The van der Waals surface area contributed by atoms with Gasteiger partial charge in [-0.15, -0.1) is 0 Å². The first-order chi connectivity index (χ1) is 8.68. The fourth-order valence-corrected chi connectivity index (χ4v) is 2.50. The summed E-state index contributed by atoms with van der Waals surface area (Å²) in [6, 6.07) is 0.436. The van der Waals surface area contributed by atoms with Crippen molar-refractivity contribution in [3.8, 4) is 0 Å². The van der Waals surface area contributed by atoms with Gasteiger partial charge in [0.15, 0.2) is 0 Å². The van der Waals surface area contributed by atoms with Gasteiger partial charge in [-0.05, 0) is 19.8 Å². The third-order valence-corrected chi connectivity index (χ3v) is 3.53. The average molecular weight is 251 g/mol. The minimum Gasteiger partial charge on any atom is -0.377 e. The predicted molar refractivity (Wildman–Crippen MR) is 72.9 cm³/mol. The molecule has 0 spiro atoms. The molecule has 4 heteroatoms. The Hall–Kier alpha value is -0.870. The minimum atomic E-state index is 0.421. The van der Waals surface area contributed by atoms with Crippen LogP contribution in [0, 0.1) is 0 Å². The van der Waals surface area contributed by atoms with Crippen molar-refractivity contribution in [2.45, 2.75) is 51.7 Å². The summed E-state index contributed by atoms with van der Waals surface area (Å²) in [6.45, 7) is 9.47. The second kappa shape index (κ2) is 6.34. The summed E-state index contributed by atoms with van der Waals surface area (Å²) in [5, 5.41) is 3.51. The van der Waals surface area contributed by atoms with Gasteiger partial charge >= 0.3 is 0 Å². The molecule has 1 fully saturated rings. The Balaban J connectivity index is 1.79. The zero-order valence-corrected chi connectivity index (χ0v) is 11.7. The van der Waals surface area contributed by atoms with E-state index < -0.39 is 0 Å². The van der Waals surface area contributed by atoms with Gasteiger partial charge in [0, 0.05) is 44.0 Å². The number of hydrogen-bond acceptors (Lipinski definition) is 3. The Kier molecular flexibility index (Phi) is 4.78. The summed E-state index contributed by atoms with van der Waals surface area (Å²) in [5.74, 6) is 1.64. The minimum absolute atomic E-state index is 0.421. The van der Waals surface area contributed by atoms with Gasteiger partial charge in [0.1, 0.15) is 5.82 Å². The Morgan fingerprint density at radius 2 is 2.33 bits per heavy atom. The highest BCUT2D eigenvalue weighted by atomic mass is 16.5. The third-order valence-electron chi connectivity index (χ3n) is 3.53. The van der Waals surface area contributed by atoms with Crippen LogP contribution >= 0.6 is 0 Å². The summed E-state index contributed by atoms with van der Waals surface area (Å²) >= 11 is 0. The standard InChI is InChI=1S/C14H25N3O/c1-11(2)14-16-6-7-17(14)12(3)9-15-10-13-5-4-8-18-13/h6-7,11-13,15H,4-5,8-10H2,1-3H3. The largest absolute Gasteiger partial charge is 0.377 e.